The minimum absolute atomic E-state index is 0.109. The van der Waals surface area contributed by atoms with E-state index < -0.39 is 9.84 Å². The van der Waals surface area contributed by atoms with Crippen molar-refractivity contribution in [2.75, 3.05) is 30.0 Å². The maximum absolute atomic E-state index is 12.1. The van der Waals surface area contributed by atoms with Gasteiger partial charge in [-0.3, -0.25) is 4.79 Å². The zero-order valence-corrected chi connectivity index (χ0v) is 14.5. The highest BCUT2D eigenvalue weighted by molar-refractivity contribution is 7.91. The molecule has 1 atom stereocenters. The van der Waals surface area contributed by atoms with Crippen molar-refractivity contribution in [2.45, 2.75) is 32.1 Å². The normalized spacial score (nSPS) is 19.5. The molecule has 1 aliphatic heterocycles. The molecule has 21 heavy (non-hydrogen) atoms. The third-order valence-electron chi connectivity index (χ3n) is 4.03. The summed E-state index contributed by atoms with van der Waals surface area (Å²) in [7, 11) is -3.46. The van der Waals surface area contributed by atoms with Crippen molar-refractivity contribution in [2.24, 2.45) is 11.8 Å². The van der Waals surface area contributed by atoms with E-state index in [-0.39, 0.29) is 16.4 Å². The van der Waals surface area contributed by atoms with Crippen LogP contribution in [0.5, 0.6) is 0 Å². The van der Waals surface area contributed by atoms with E-state index in [4.69, 9.17) is 5.73 Å². The van der Waals surface area contributed by atoms with Gasteiger partial charge in [0, 0.05) is 26.3 Å². The monoisotopic (exact) mass is 330 g/mol. The van der Waals surface area contributed by atoms with Gasteiger partial charge in [-0.05, 0) is 18.3 Å². The van der Waals surface area contributed by atoms with Crippen molar-refractivity contribution in [3.63, 3.8) is 0 Å². The molecule has 2 N–H and O–H groups in total. The Morgan fingerprint density at radius 1 is 1.43 bits per heavy atom. The molecular formula is C14H22N2O3S2. The van der Waals surface area contributed by atoms with Crippen LogP contribution < -0.4 is 10.6 Å². The molecule has 0 radical (unpaired) electrons. The summed E-state index contributed by atoms with van der Waals surface area (Å²) >= 11 is 1.20. The second-order valence-electron chi connectivity index (χ2n) is 6.05. The lowest BCUT2D eigenvalue weighted by molar-refractivity contribution is 0.102. The zero-order chi connectivity index (χ0) is 15.9. The van der Waals surface area contributed by atoms with E-state index in [1.165, 1.54) is 18.3 Å². The second kappa shape index (κ2) is 5.61. The number of rotatable bonds is 4. The van der Waals surface area contributed by atoms with Crippen LogP contribution in [0.25, 0.3) is 0 Å². The number of nitrogens with two attached hydrogens (primary N) is 1. The summed E-state index contributed by atoms with van der Waals surface area (Å²) in [6, 6.07) is 0. The van der Waals surface area contributed by atoms with Gasteiger partial charge in [-0.2, -0.15) is 0 Å². The van der Waals surface area contributed by atoms with Gasteiger partial charge in [0.2, 0.25) is 0 Å². The molecule has 5 nitrogen and oxygen atoms in total. The Labute approximate surface area is 130 Å². The number of sulfone groups is 1. The van der Waals surface area contributed by atoms with E-state index in [1.807, 2.05) is 0 Å². The van der Waals surface area contributed by atoms with Crippen LogP contribution in [0, 0.1) is 11.8 Å². The Kier molecular flexibility index (Phi) is 4.35. The molecule has 7 heteroatoms. The number of carbonyl (C=O) groups is 1. The molecule has 2 rings (SSSR count). The Bertz CT molecular complexity index is 662. The smallest absolute Gasteiger partial charge is 0.180 e. The largest absolute Gasteiger partial charge is 0.396 e. The molecule has 2 heterocycles. The van der Waals surface area contributed by atoms with E-state index >= 15 is 0 Å². The molecule has 0 spiro atoms. The minimum atomic E-state index is -3.46. The van der Waals surface area contributed by atoms with E-state index in [0.717, 1.165) is 25.8 Å². The maximum Gasteiger partial charge on any atom is 0.180 e. The Morgan fingerprint density at radius 2 is 2.05 bits per heavy atom. The van der Waals surface area contributed by atoms with Crippen LogP contribution in [0.4, 0.5) is 10.7 Å². The fourth-order valence-electron chi connectivity index (χ4n) is 2.76. The number of thiophene rings is 1. The van der Waals surface area contributed by atoms with Gasteiger partial charge in [0.05, 0.1) is 10.6 Å². The summed E-state index contributed by atoms with van der Waals surface area (Å²) in [5.41, 5.74) is 6.05. The molecule has 0 amide bonds. The summed E-state index contributed by atoms with van der Waals surface area (Å²) in [6.07, 6.45) is 2.18. The van der Waals surface area contributed by atoms with Gasteiger partial charge in [0.15, 0.2) is 15.6 Å². The number of Topliss-reactive ketones (excluding diaryl/α,β-unsaturated/α-hetero) is 1. The van der Waals surface area contributed by atoms with Crippen LogP contribution in [0.1, 0.15) is 36.9 Å². The number of hydrogen-bond acceptors (Lipinski definition) is 6. The van der Waals surface area contributed by atoms with Crippen LogP contribution >= 0.6 is 11.3 Å². The predicted molar refractivity (Wildman–Crippen MR) is 87.0 cm³/mol. The highest BCUT2D eigenvalue weighted by Gasteiger charge is 2.33. The first-order chi connectivity index (χ1) is 9.62. The molecule has 1 aromatic heterocycles. The van der Waals surface area contributed by atoms with Crippen molar-refractivity contribution < 1.29 is 13.2 Å². The summed E-state index contributed by atoms with van der Waals surface area (Å²) in [6.45, 7) is 7.39. The quantitative estimate of drug-likeness (QED) is 0.858. The first-order valence-corrected chi connectivity index (χ1v) is 9.72. The Hall–Kier alpha value is -1.08. The topological polar surface area (TPSA) is 80.5 Å². The van der Waals surface area contributed by atoms with E-state index in [9.17, 15) is 13.2 Å². The number of nitrogen functional groups attached to an aromatic ring is 1. The molecule has 118 valence electrons. The van der Waals surface area contributed by atoms with Crippen molar-refractivity contribution in [1.29, 1.82) is 0 Å². The van der Waals surface area contributed by atoms with Gasteiger partial charge >= 0.3 is 0 Å². The average molecular weight is 330 g/mol. The molecule has 1 aromatic rings. The maximum atomic E-state index is 12.1. The first kappa shape index (κ1) is 16.3. The van der Waals surface area contributed by atoms with Gasteiger partial charge < -0.3 is 10.6 Å². The summed E-state index contributed by atoms with van der Waals surface area (Å²) in [5, 5.41) is 0.628. The second-order valence-corrected chi connectivity index (χ2v) is 9.00. The summed E-state index contributed by atoms with van der Waals surface area (Å²) < 4.78 is 24.1. The summed E-state index contributed by atoms with van der Waals surface area (Å²) in [4.78, 5) is 14.2. The molecule has 0 aromatic carbocycles. The molecule has 1 aliphatic rings. The highest BCUT2D eigenvalue weighted by atomic mass is 32.2. The van der Waals surface area contributed by atoms with Gasteiger partial charge in [-0.1, -0.05) is 13.8 Å². The lowest BCUT2D eigenvalue weighted by Crippen LogP contribution is -2.22. The van der Waals surface area contributed by atoms with Gasteiger partial charge in [-0.25, -0.2) is 8.42 Å². The number of nitrogens with zero attached hydrogens (tertiary/aromatic N) is 1. The average Bonchev–Trinajstić information content (AvgIpc) is 2.91. The van der Waals surface area contributed by atoms with Gasteiger partial charge in [0.25, 0.3) is 0 Å². The number of ketones is 1. The van der Waals surface area contributed by atoms with Gasteiger partial charge in [-0.15, -0.1) is 11.3 Å². The van der Waals surface area contributed by atoms with Crippen LogP contribution in [0.2, 0.25) is 0 Å². The van der Waals surface area contributed by atoms with E-state index in [2.05, 4.69) is 18.7 Å². The number of anilines is 2. The first-order valence-electron chi connectivity index (χ1n) is 7.01. The summed E-state index contributed by atoms with van der Waals surface area (Å²) in [5.74, 6) is 0.913. The SMILES string of the molecule is CC(=O)c1sc(N2CCC(C(C)C)C2)c(S(C)(=O)=O)c1N. The van der Waals surface area contributed by atoms with Crippen LogP contribution in [-0.2, 0) is 9.84 Å². The predicted octanol–water partition coefficient (Wildman–Crippen LogP) is 2.42. The van der Waals surface area contributed by atoms with Crippen LogP contribution in [-0.4, -0.2) is 33.5 Å². The van der Waals surface area contributed by atoms with Crippen molar-refractivity contribution >= 4 is 37.6 Å². The Morgan fingerprint density at radius 3 is 2.48 bits per heavy atom. The number of carbonyl (C=O) groups excluding carboxylic acids is 1. The van der Waals surface area contributed by atoms with Crippen molar-refractivity contribution in [1.82, 2.24) is 0 Å². The van der Waals surface area contributed by atoms with Gasteiger partial charge in [0.1, 0.15) is 9.90 Å². The van der Waals surface area contributed by atoms with E-state index in [0.29, 0.717) is 21.7 Å². The fourth-order valence-corrected chi connectivity index (χ4v) is 5.40. The lowest BCUT2D eigenvalue weighted by Gasteiger charge is -2.19. The standard InChI is InChI=1S/C14H22N2O3S2/c1-8(2)10-5-6-16(7-10)14-13(21(4,18)19)11(15)12(20-14)9(3)17/h8,10H,5-7,15H2,1-4H3. The lowest BCUT2D eigenvalue weighted by atomic mass is 9.95. The third-order valence-corrected chi connectivity index (χ3v) is 6.68. The molecule has 1 unspecified atom stereocenters. The molecule has 1 fully saturated rings. The van der Waals surface area contributed by atoms with Crippen LogP contribution in [0.3, 0.4) is 0 Å². The Balaban J connectivity index is 2.49. The highest BCUT2D eigenvalue weighted by Crippen LogP contribution is 2.43. The molecule has 0 saturated carbocycles. The van der Waals surface area contributed by atoms with Crippen LogP contribution in [0.15, 0.2) is 4.90 Å². The van der Waals surface area contributed by atoms with Crippen molar-refractivity contribution in [3.05, 3.63) is 4.88 Å². The molecule has 0 aliphatic carbocycles. The molecule has 1 saturated heterocycles. The minimum Gasteiger partial charge on any atom is -0.396 e. The van der Waals surface area contributed by atoms with E-state index in [1.54, 1.807) is 0 Å². The molecule has 0 bridgehead atoms. The molecular weight excluding hydrogens is 308 g/mol. The third kappa shape index (κ3) is 3.08. The fraction of sp³-hybridized carbons (Fsp3) is 0.643. The number of hydrogen-bond donors (Lipinski definition) is 1. The van der Waals surface area contributed by atoms with Crippen molar-refractivity contribution in [3.8, 4) is 0 Å². The zero-order valence-electron chi connectivity index (χ0n) is 12.8.